The minimum atomic E-state index is -0.250. The number of hydrogen-bond acceptors (Lipinski definition) is 2. The molecule has 0 aliphatic heterocycles. The highest BCUT2D eigenvalue weighted by Gasteiger charge is 2.05. The van der Waals surface area contributed by atoms with Crippen molar-refractivity contribution in [3.8, 4) is 0 Å². The van der Waals surface area contributed by atoms with Crippen molar-refractivity contribution in [2.24, 2.45) is 5.92 Å². The molecule has 1 aliphatic carbocycles. The Kier molecular flexibility index (Phi) is 16.1. The fourth-order valence-corrected chi connectivity index (χ4v) is 1.31. The first kappa shape index (κ1) is 14.9. The first-order valence-electron chi connectivity index (χ1n) is 4.89. The molecule has 1 saturated carbocycles. The molecule has 1 aliphatic rings. The summed E-state index contributed by atoms with van der Waals surface area (Å²) in [6, 6.07) is 0. The molecule has 2 N–H and O–H groups in total. The Morgan fingerprint density at radius 1 is 1.23 bits per heavy atom. The van der Waals surface area contributed by atoms with Gasteiger partial charge in [0, 0.05) is 0 Å². The summed E-state index contributed by atoms with van der Waals surface area (Å²) in [6.07, 6.45) is 7.44. The van der Waals surface area contributed by atoms with E-state index >= 15 is 0 Å². The van der Waals surface area contributed by atoms with E-state index in [1.54, 1.807) is 0 Å². The van der Waals surface area contributed by atoms with Gasteiger partial charge in [-0.1, -0.05) is 39.0 Å². The van der Waals surface area contributed by atoms with Gasteiger partial charge in [0.25, 0.3) is 6.47 Å². The normalized spacial score (nSPS) is 15.9. The van der Waals surface area contributed by atoms with Gasteiger partial charge < -0.3 is 10.4 Å². The van der Waals surface area contributed by atoms with E-state index in [-0.39, 0.29) is 6.47 Å². The van der Waals surface area contributed by atoms with Crippen LogP contribution in [0.5, 0.6) is 0 Å². The van der Waals surface area contributed by atoms with Gasteiger partial charge in [-0.3, -0.25) is 4.79 Å². The second kappa shape index (κ2) is 14.0. The topological polar surface area (TPSA) is 49.3 Å². The van der Waals surface area contributed by atoms with Gasteiger partial charge in [0.1, 0.15) is 0 Å². The molecule has 1 rings (SSSR count). The fraction of sp³-hybridized carbons (Fsp3) is 0.900. The van der Waals surface area contributed by atoms with Crippen LogP contribution in [0.1, 0.15) is 39.0 Å². The van der Waals surface area contributed by atoms with Gasteiger partial charge in [0.15, 0.2) is 0 Å². The third-order valence-electron chi connectivity index (χ3n) is 1.89. The lowest BCUT2D eigenvalue weighted by molar-refractivity contribution is -0.122. The monoisotopic (exact) mass is 189 g/mol. The maximum Gasteiger partial charge on any atom is 0.290 e. The SMILES string of the molecule is CC1CCCCC1.CNC.O=CO. The summed E-state index contributed by atoms with van der Waals surface area (Å²) in [5.74, 6) is 1.04. The summed E-state index contributed by atoms with van der Waals surface area (Å²) < 4.78 is 0. The van der Waals surface area contributed by atoms with E-state index in [0.717, 1.165) is 5.92 Å². The number of hydrogen-bond donors (Lipinski definition) is 2. The van der Waals surface area contributed by atoms with Crippen LogP contribution in [0, 0.1) is 5.92 Å². The molecule has 0 unspecified atom stereocenters. The van der Waals surface area contributed by atoms with Gasteiger partial charge in [-0.05, 0) is 20.0 Å². The number of rotatable bonds is 0. The molecule has 0 aromatic heterocycles. The van der Waals surface area contributed by atoms with Crippen molar-refractivity contribution in [2.45, 2.75) is 39.0 Å². The standard InChI is InChI=1S/C7H14.C2H7N.CH2O2/c1-7-5-3-2-4-6-7;1-3-2;2-1-3/h7H,2-6H2,1H3;3H,1-2H3;1H,(H,2,3). The maximum atomic E-state index is 8.36. The Balaban J connectivity index is 0. The smallest absolute Gasteiger partial charge is 0.290 e. The van der Waals surface area contributed by atoms with E-state index in [4.69, 9.17) is 9.90 Å². The Morgan fingerprint density at radius 3 is 1.69 bits per heavy atom. The Labute approximate surface area is 81.5 Å². The third-order valence-corrected chi connectivity index (χ3v) is 1.89. The van der Waals surface area contributed by atoms with Crippen molar-refractivity contribution < 1.29 is 9.90 Å². The summed E-state index contributed by atoms with van der Waals surface area (Å²) in [6.45, 7) is 2.11. The minimum Gasteiger partial charge on any atom is -0.483 e. The molecular formula is C10H23NO2. The van der Waals surface area contributed by atoms with E-state index in [1.165, 1.54) is 32.1 Å². The van der Waals surface area contributed by atoms with Crippen LogP contribution < -0.4 is 5.32 Å². The third kappa shape index (κ3) is 18.4. The average Bonchev–Trinajstić information content (AvgIpc) is 2.08. The van der Waals surface area contributed by atoms with Gasteiger partial charge in [0.05, 0.1) is 0 Å². The van der Waals surface area contributed by atoms with Gasteiger partial charge in [-0.2, -0.15) is 0 Å². The lowest BCUT2D eigenvalue weighted by atomic mass is 9.91. The Hall–Kier alpha value is -0.570. The predicted molar refractivity (Wildman–Crippen MR) is 55.9 cm³/mol. The molecule has 3 heteroatoms. The summed E-state index contributed by atoms with van der Waals surface area (Å²) >= 11 is 0. The van der Waals surface area contributed by atoms with Crippen molar-refractivity contribution in [1.29, 1.82) is 0 Å². The largest absolute Gasteiger partial charge is 0.483 e. The van der Waals surface area contributed by atoms with Crippen LogP contribution in [0.15, 0.2) is 0 Å². The lowest BCUT2D eigenvalue weighted by Gasteiger charge is -2.15. The van der Waals surface area contributed by atoms with E-state index in [0.29, 0.717) is 0 Å². The molecule has 0 bridgehead atoms. The summed E-state index contributed by atoms with van der Waals surface area (Å²) in [4.78, 5) is 8.36. The average molecular weight is 189 g/mol. The fourth-order valence-electron chi connectivity index (χ4n) is 1.31. The van der Waals surface area contributed by atoms with Crippen LogP contribution in [0.25, 0.3) is 0 Å². The van der Waals surface area contributed by atoms with E-state index in [1.807, 2.05) is 14.1 Å². The van der Waals surface area contributed by atoms with E-state index in [2.05, 4.69) is 12.2 Å². The van der Waals surface area contributed by atoms with Crippen LogP contribution in [0.3, 0.4) is 0 Å². The highest BCUT2D eigenvalue weighted by Crippen LogP contribution is 2.21. The van der Waals surface area contributed by atoms with Crippen molar-refractivity contribution in [3.63, 3.8) is 0 Å². The highest BCUT2D eigenvalue weighted by atomic mass is 16.3. The maximum absolute atomic E-state index is 8.36. The van der Waals surface area contributed by atoms with Crippen molar-refractivity contribution >= 4 is 6.47 Å². The quantitative estimate of drug-likeness (QED) is 0.574. The zero-order valence-electron chi connectivity index (χ0n) is 9.05. The first-order chi connectivity index (χ1) is 6.22. The summed E-state index contributed by atoms with van der Waals surface area (Å²) in [7, 11) is 3.75. The molecule has 0 saturated heterocycles. The zero-order chi connectivity index (χ0) is 10.5. The molecule has 3 nitrogen and oxygen atoms in total. The molecule has 0 aromatic carbocycles. The van der Waals surface area contributed by atoms with Crippen LogP contribution in [0.2, 0.25) is 0 Å². The summed E-state index contributed by atoms with van der Waals surface area (Å²) in [5, 5.41) is 9.64. The van der Waals surface area contributed by atoms with Crippen LogP contribution in [-0.2, 0) is 4.79 Å². The van der Waals surface area contributed by atoms with Crippen molar-refractivity contribution in [1.82, 2.24) is 5.32 Å². The minimum absolute atomic E-state index is 0.250. The molecule has 0 spiro atoms. The number of nitrogens with one attached hydrogen (secondary N) is 1. The second-order valence-electron chi connectivity index (χ2n) is 3.35. The molecule has 0 amide bonds. The van der Waals surface area contributed by atoms with Crippen molar-refractivity contribution in [2.75, 3.05) is 14.1 Å². The molecule has 0 heterocycles. The van der Waals surface area contributed by atoms with Gasteiger partial charge >= 0.3 is 0 Å². The van der Waals surface area contributed by atoms with Crippen molar-refractivity contribution in [3.05, 3.63) is 0 Å². The molecular weight excluding hydrogens is 166 g/mol. The number of carboxylic acid groups (broad SMARTS) is 1. The van der Waals surface area contributed by atoms with Crippen LogP contribution in [0.4, 0.5) is 0 Å². The molecule has 0 atom stereocenters. The Morgan fingerprint density at radius 2 is 1.54 bits per heavy atom. The second-order valence-corrected chi connectivity index (χ2v) is 3.35. The number of carbonyl (C=O) groups is 1. The molecule has 80 valence electrons. The predicted octanol–water partition coefficient (Wildman–Crippen LogP) is 2.12. The van der Waals surface area contributed by atoms with Gasteiger partial charge in [-0.25, -0.2) is 0 Å². The zero-order valence-corrected chi connectivity index (χ0v) is 9.05. The first-order valence-corrected chi connectivity index (χ1v) is 4.89. The summed E-state index contributed by atoms with van der Waals surface area (Å²) in [5.41, 5.74) is 0. The molecule has 0 radical (unpaired) electrons. The van der Waals surface area contributed by atoms with Crippen LogP contribution >= 0.6 is 0 Å². The van der Waals surface area contributed by atoms with Gasteiger partial charge in [0.2, 0.25) is 0 Å². The van der Waals surface area contributed by atoms with E-state index < -0.39 is 0 Å². The molecule has 0 aromatic rings. The van der Waals surface area contributed by atoms with Crippen LogP contribution in [-0.4, -0.2) is 25.7 Å². The highest BCUT2D eigenvalue weighted by molar-refractivity contribution is 5.32. The lowest BCUT2D eigenvalue weighted by Crippen LogP contribution is -1.99. The molecule has 1 fully saturated rings. The van der Waals surface area contributed by atoms with E-state index in [9.17, 15) is 0 Å². The molecule has 13 heavy (non-hydrogen) atoms. The van der Waals surface area contributed by atoms with Gasteiger partial charge in [-0.15, -0.1) is 0 Å². The Bertz CT molecular complexity index is 90.9.